The normalized spacial score (nSPS) is 11.1. The second kappa shape index (κ2) is 5.48. The molecule has 0 saturated heterocycles. The van der Waals surface area contributed by atoms with Crippen molar-refractivity contribution in [3.8, 4) is 5.75 Å². The van der Waals surface area contributed by atoms with Crippen LogP contribution in [0.4, 0.5) is 0 Å². The number of rotatable bonds is 3. The van der Waals surface area contributed by atoms with E-state index in [9.17, 15) is 0 Å². The molecule has 0 bridgehead atoms. The lowest BCUT2D eigenvalue weighted by Crippen LogP contribution is -1.88. The van der Waals surface area contributed by atoms with Gasteiger partial charge in [0.25, 0.3) is 0 Å². The summed E-state index contributed by atoms with van der Waals surface area (Å²) in [6.07, 6.45) is 8.83. The van der Waals surface area contributed by atoms with E-state index in [4.69, 9.17) is 4.74 Å². The van der Waals surface area contributed by atoms with Gasteiger partial charge in [-0.05, 0) is 36.4 Å². The van der Waals surface area contributed by atoms with Crippen molar-refractivity contribution in [3.63, 3.8) is 0 Å². The highest BCUT2D eigenvalue weighted by Crippen LogP contribution is 2.24. The predicted octanol–water partition coefficient (Wildman–Crippen LogP) is 3.20. The van der Waals surface area contributed by atoms with E-state index in [0.29, 0.717) is 0 Å². The number of methoxy groups -OCH3 is 1. The standard InChI is InChI=1S/C16H13N3O/c1-20-16-4-2-3-15-14(16)8-7-12(19-15)5-6-13-11-17-9-10-18-13/h2-11H,1H3/b6-5+. The van der Waals surface area contributed by atoms with Crippen LogP contribution in [-0.4, -0.2) is 22.1 Å². The summed E-state index contributed by atoms with van der Waals surface area (Å²) in [5, 5.41) is 1.01. The molecule has 3 aromatic rings. The van der Waals surface area contributed by atoms with Gasteiger partial charge in [0.2, 0.25) is 0 Å². The third-order valence-electron chi connectivity index (χ3n) is 2.94. The Morgan fingerprint density at radius 3 is 2.70 bits per heavy atom. The first-order valence-electron chi connectivity index (χ1n) is 6.25. The zero-order chi connectivity index (χ0) is 13.8. The van der Waals surface area contributed by atoms with Gasteiger partial charge in [0.05, 0.1) is 30.2 Å². The van der Waals surface area contributed by atoms with E-state index in [1.807, 2.05) is 42.5 Å². The number of pyridine rings is 1. The molecule has 0 saturated carbocycles. The molecule has 0 unspecified atom stereocenters. The van der Waals surface area contributed by atoms with Crippen LogP contribution in [0.5, 0.6) is 5.75 Å². The number of ether oxygens (including phenoxy) is 1. The van der Waals surface area contributed by atoms with Gasteiger partial charge in [-0.15, -0.1) is 0 Å². The molecule has 0 aliphatic rings. The molecule has 3 rings (SSSR count). The van der Waals surface area contributed by atoms with Gasteiger partial charge >= 0.3 is 0 Å². The molecular formula is C16H13N3O. The average molecular weight is 263 g/mol. The lowest BCUT2D eigenvalue weighted by molar-refractivity contribution is 0.420. The summed E-state index contributed by atoms with van der Waals surface area (Å²) in [6, 6.07) is 9.80. The molecular weight excluding hydrogens is 250 g/mol. The van der Waals surface area contributed by atoms with Crippen LogP contribution in [-0.2, 0) is 0 Å². The SMILES string of the molecule is COc1cccc2nc(/C=C/c3cnccn3)ccc12. The molecule has 0 atom stereocenters. The van der Waals surface area contributed by atoms with Gasteiger partial charge in [-0.1, -0.05) is 6.07 Å². The van der Waals surface area contributed by atoms with Crippen LogP contribution in [0.15, 0.2) is 48.9 Å². The third kappa shape index (κ3) is 2.49. The maximum Gasteiger partial charge on any atom is 0.128 e. The maximum atomic E-state index is 5.32. The zero-order valence-electron chi connectivity index (χ0n) is 11.0. The first-order chi connectivity index (χ1) is 9.86. The molecule has 2 aromatic heterocycles. The van der Waals surface area contributed by atoms with Gasteiger partial charge < -0.3 is 4.74 Å². The lowest BCUT2D eigenvalue weighted by atomic mass is 10.2. The molecule has 1 aromatic carbocycles. The van der Waals surface area contributed by atoms with Crippen LogP contribution < -0.4 is 4.74 Å². The number of fused-ring (bicyclic) bond motifs is 1. The van der Waals surface area contributed by atoms with Gasteiger partial charge in [0.1, 0.15) is 5.75 Å². The van der Waals surface area contributed by atoms with Gasteiger partial charge in [-0.3, -0.25) is 9.97 Å². The minimum Gasteiger partial charge on any atom is -0.496 e. The molecule has 0 radical (unpaired) electrons. The first kappa shape index (κ1) is 12.3. The Bertz CT molecular complexity index is 754. The summed E-state index contributed by atoms with van der Waals surface area (Å²) < 4.78 is 5.32. The number of hydrogen-bond acceptors (Lipinski definition) is 4. The second-order valence-electron chi connectivity index (χ2n) is 4.23. The predicted molar refractivity (Wildman–Crippen MR) is 79.3 cm³/mol. The molecule has 0 aliphatic heterocycles. The van der Waals surface area contributed by atoms with E-state index >= 15 is 0 Å². The van der Waals surface area contributed by atoms with Gasteiger partial charge in [-0.25, -0.2) is 4.98 Å². The number of benzene rings is 1. The highest BCUT2D eigenvalue weighted by Gasteiger charge is 2.01. The highest BCUT2D eigenvalue weighted by atomic mass is 16.5. The van der Waals surface area contributed by atoms with Crippen LogP contribution in [0.25, 0.3) is 23.1 Å². The van der Waals surface area contributed by atoms with E-state index in [1.165, 1.54) is 0 Å². The molecule has 0 aliphatic carbocycles. The van der Waals surface area contributed by atoms with Crippen LogP contribution in [0.3, 0.4) is 0 Å². The fourth-order valence-electron chi connectivity index (χ4n) is 1.98. The maximum absolute atomic E-state index is 5.32. The van der Waals surface area contributed by atoms with E-state index in [-0.39, 0.29) is 0 Å². The topological polar surface area (TPSA) is 47.9 Å². The molecule has 0 fully saturated rings. The van der Waals surface area contributed by atoms with Crippen molar-refractivity contribution >= 4 is 23.1 Å². The van der Waals surface area contributed by atoms with Crippen LogP contribution >= 0.6 is 0 Å². The van der Waals surface area contributed by atoms with E-state index < -0.39 is 0 Å². The van der Waals surface area contributed by atoms with Crippen molar-refractivity contribution in [3.05, 3.63) is 60.3 Å². The summed E-state index contributed by atoms with van der Waals surface area (Å²) in [6.45, 7) is 0. The summed E-state index contributed by atoms with van der Waals surface area (Å²) in [7, 11) is 1.66. The summed E-state index contributed by atoms with van der Waals surface area (Å²) in [5.41, 5.74) is 2.59. The molecule has 4 nitrogen and oxygen atoms in total. The van der Waals surface area contributed by atoms with Crippen molar-refractivity contribution in [2.45, 2.75) is 0 Å². The minimum absolute atomic E-state index is 0.806. The monoisotopic (exact) mass is 263 g/mol. The largest absolute Gasteiger partial charge is 0.496 e. The lowest BCUT2D eigenvalue weighted by Gasteiger charge is -2.04. The molecule has 98 valence electrons. The Hall–Kier alpha value is -2.75. The Balaban J connectivity index is 1.96. The summed E-state index contributed by atoms with van der Waals surface area (Å²) in [5.74, 6) is 0.833. The molecule has 0 spiro atoms. The van der Waals surface area contributed by atoms with E-state index in [2.05, 4.69) is 15.0 Å². The molecule has 0 N–H and O–H groups in total. The Morgan fingerprint density at radius 2 is 1.90 bits per heavy atom. The summed E-state index contributed by atoms with van der Waals surface area (Å²) >= 11 is 0. The van der Waals surface area contributed by atoms with Gasteiger partial charge in [0.15, 0.2) is 0 Å². The van der Waals surface area contributed by atoms with Crippen molar-refractivity contribution in [1.29, 1.82) is 0 Å². The fraction of sp³-hybridized carbons (Fsp3) is 0.0625. The number of nitrogens with zero attached hydrogens (tertiary/aromatic N) is 3. The van der Waals surface area contributed by atoms with Gasteiger partial charge in [-0.2, -0.15) is 0 Å². The van der Waals surface area contributed by atoms with Crippen LogP contribution in [0, 0.1) is 0 Å². The fourth-order valence-corrected chi connectivity index (χ4v) is 1.98. The van der Waals surface area contributed by atoms with E-state index in [1.54, 1.807) is 25.7 Å². The smallest absolute Gasteiger partial charge is 0.128 e. The highest BCUT2D eigenvalue weighted by molar-refractivity contribution is 5.86. The molecule has 20 heavy (non-hydrogen) atoms. The Labute approximate surface area is 116 Å². The Kier molecular flexibility index (Phi) is 3.37. The number of aromatic nitrogens is 3. The molecule has 4 heteroatoms. The van der Waals surface area contributed by atoms with Crippen LogP contribution in [0.1, 0.15) is 11.4 Å². The Morgan fingerprint density at radius 1 is 1.00 bits per heavy atom. The van der Waals surface area contributed by atoms with Gasteiger partial charge in [0, 0.05) is 17.8 Å². The van der Waals surface area contributed by atoms with Crippen LogP contribution in [0.2, 0.25) is 0 Å². The number of hydrogen-bond donors (Lipinski definition) is 0. The third-order valence-corrected chi connectivity index (χ3v) is 2.94. The van der Waals surface area contributed by atoms with E-state index in [0.717, 1.165) is 28.0 Å². The first-order valence-corrected chi connectivity index (χ1v) is 6.25. The zero-order valence-corrected chi connectivity index (χ0v) is 11.0. The minimum atomic E-state index is 0.806. The average Bonchev–Trinajstić information content (AvgIpc) is 2.53. The van der Waals surface area contributed by atoms with Crippen molar-refractivity contribution < 1.29 is 4.74 Å². The molecule has 2 heterocycles. The van der Waals surface area contributed by atoms with Crippen molar-refractivity contribution in [2.75, 3.05) is 7.11 Å². The van der Waals surface area contributed by atoms with Crippen molar-refractivity contribution in [2.24, 2.45) is 0 Å². The van der Waals surface area contributed by atoms with Crippen molar-refractivity contribution in [1.82, 2.24) is 15.0 Å². The second-order valence-corrected chi connectivity index (χ2v) is 4.23. The quantitative estimate of drug-likeness (QED) is 0.728. The summed E-state index contributed by atoms with van der Waals surface area (Å²) in [4.78, 5) is 12.8. The molecule has 0 amide bonds.